The van der Waals surface area contributed by atoms with Crippen LogP contribution in [0.1, 0.15) is 20.3 Å². The number of hydrogen-bond acceptors (Lipinski definition) is 5. The molecule has 1 atom stereocenters. The number of nitro groups is 1. The molecule has 0 radical (unpaired) electrons. The number of amides is 1. The predicted molar refractivity (Wildman–Crippen MR) is 78.1 cm³/mol. The first-order valence-electron chi connectivity index (χ1n) is 6.87. The molecule has 2 rings (SSSR count). The van der Waals surface area contributed by atoms with Crippen LogP contribution in [0.5, 0.6) is 5.75 Å². The molecule has 7 heteroatoms. The number of para-hydroxylation sites is 1. The Balaban J connectivity index is 2.34. The molecule has 1 amide bonds. The van der Waals surface area contributed by atoms with Crippen molar-refractivity contribution in [1.29, 1.82) is 0 Å². The molecule has 1 heterocycles. The molecular weight excluding hydrogens is 274 g/mol. The van der Waals surface area contributed by atoms with Crippen LogP contribution in [0.15, 0.2) is 18.2 Å². The summed E-state index contributed by atoms with van der Waals surface area (Å²) in [6, 6.07) is 3.94. The fourth-order valence-electron chi connectivity index (χ4n) is 2.71. The summed E-state index contributed by atoms with van der Waals surface area (Å²) in [5.41, 5.74) is -1.07. The Bertz CT molecular complexity index is 565. The summed E-state index contributed by atoms with van der Waals surface area (Å²) < 4.78 is 0. The zero-order valence-corrected chi connectivity index (χ0v) is 12.0. The van der Waals surface area contributed by atoms with E-state index >= 15 is 0 Å². The summed E-state index contributed by atoms with van der Waals surface area (Å²) in [4.78, 5) is 23.0. The van der Waals surface area contributed by atoms with Gasteiger partial charge >= 0.3 is 0 Å². The SMILES string of the molecule is CC(C)C1(C(=O)Nc2c(O)cccc2[N+](=O)[O-])CCNC1. The van der Waals surface area contributed by atoms with Crippen molar-refractivity contribution in [2.75, 3.05) is 18.4 Å². The van der Waals surface area contributed by atoms with Gasteiger partial charge in [-0.15, -0.1) is 0 Å². The van der Waals surface area contributed by atoms with Gasteiger partial charge in [0.05, 0.1) is 10.3 Å². The van der Waals surface area contributed by atoms with Crippen molar-refractivity contribution in [1.82, 2.24) is 5.32 Å². The van der Waals surface area contributed by atoms with E-state index in [1.807, 2.05) is 13.8 Å². The Morgan fingerprint density at radius 2 is 2.24 bits per heavy atom. The third-order valence-electron chi connectivity index (χ3n) is 4.20. The highest BCUT2D eigenvalue weighted by atomic mass is 16.6. The molecule has 21 heavy (non-hydrogen) atoms. The van der Waals surface area contributed by atoms with E-state index in [4.69, 9.17) is 0 Å². The molecule has 1 aliphatic heterocycles. The average Bonchev–Trinajstić information content (AvgIpc) is 2.91. The molecule has 1 aliphatic rings. The molecule has 0 saturated carbocycles. The standard InChI is InChI=1S/C14H19N3O4/c1-9(2)14(6-7-15-8-14)13(19)16-12-10(17(20)21)4-3-5-11(12)18/h3-5,9,15,18H,6-8H2,1-2H3,(H,16,19). The van der Waals surface area contributed by atoms with Gasteiger partial charge in [-0.25, -0.2) is 0 Å². The van der Waals surface area contributed by atoms with E-state index in [1.54, 1.807) is 0 Å². The lowest BCUT2D eigenvalue weighted by Crippen LogP contribution is -2.42. The maximum Gasteiger partial charge on any atom is 0.296 e. The number of anilines is 1. The minimum absolute atomic E-state index is 0.0809. The van der Waals surface area contributed by atoms with E-state index in [1.165, 1.54) is 18.2 Å². The minimum Gasteiger partial charge on any atom is -0.505 e. The van der Waals surface area contributed by atoms with Crippen molar-refractivity contribution in [2.24, 2.45) is 11.3 Å². The third kappa shape index (κ3) is 2.69. The summed E-state index contributed by atoms with van der Waals surface area (Å²) in [5, 5.41) is 26.6. The number of nitrogens with zero attached hydrogens (tertiary/aromatic N) is 1. The first-order chi connectivity index (χ1) is 9.88. The number of phenolic OH excluding ortho intramolecular Hbond substituents is 1. The van der Waals surface area contributed by atoms with Crippen LogP contribution in [0.2, 0.25) is 0 Å². The van der Waals surface area contributed by atoms with Crippen LogP contribution in [0.4, 0.5) is 11.4 Å². The van der Waals surface area contributed by atoms with E-state index in [-0.39, 0.29) is 28.9 Å². The number of carbonyl (C=O) groups excluding carboxylic acids is 1. The van der Waals surface area contributed by atoms with E-state index in [0.717, 1.165) is 6.54 Å². The van der Waals surface area contributed by atoms with Crippen LogP contribution in [-0.4, -0.2) is 29.0 Å². The van der Waals surface area contributed by atoms with Gasteiger partial charge in [0.1, 0.15) is 5.75 Å². The number of carbonyl (C=O) groups is 1. The first kappa shape index (κ1) is 15.2. The molecule has 3 N–H and O–H groups in total. The average molecular weight is 293 g/mol. The quantitative estimate of drug-likeness (QED) is 0.446. The van der Waals surface area contributed by atoms with Gasteiger partial charge in [-0.05, 0) is 24.9 Å². The van der Waals surface area contributed by atoms with E-state index in [0.29, 0.717) is 13.0 Å². The van der Waals surface area contributed by atoms with Gasteiger partial charge in [-0.2, -0.15) is 0 Å². The van der Waals surface area contributed by atoms with Gasteiger partial charge in [0.15, 0.2) is 5.69 Å². The highest BCUT2D eigenvalue weighted by Crippen LogP contribution is 2.39. The number of phenols is 1. The molecule has 1 saturated heterocycles. The number of nitrogens with one attached hydrogen (secondary N) is 2. The van der Waals surface area contributed by atoms with Gasteiger partial charge < -0.3 is 15.7 Å². The maximum atomic E-state index is 12.6. The van der Waals surface area contributed by atoms with Crippen molar-refractivity contribution in [3.8, 4) is 5.75 Å². The molecule has 114 valence electrons. The topological polar surface area (TPSA) is 104 Å². The number of aromatic hydroxyl groups is 1. The predicted octanol–water partition coefficient (Wildman–Crippen LogP) is 1.87. The lowest BCUT2D eigenvalue weighted by Gasteiger charge is -2.31. The van der Waals surface area contributed by atoms with Gasteiger partial charge in [0.2, 0.25) is 5.91 Å². The van der Waals surface area contributed by atoms with Crippen LogP contribution in [0, 0.1) is 21.4 Å². The normalized spacial score (nSPS) is 21.5. The van der Waals surface area contributed by atoms with Gasteiger partial charge in [-0.1, -0.05) is 19.9 Å². The number of hydrogen-bond donors (Lipinski definition) is 3. The zero-order valence-electron chi connectivity index (χ0n) is 12.0. The molecule has 0 aromatic heterocycles. The molecular formula is C14H19N3O4. The molecule has 1 aromatic carbocycles. The second-order valence-electron chi connectivity index (χ2n) is 5.62. The van der Waals surface area contributed by atoms with E-state index < -0.39 is 10.3 Å². The fourth-order valence-corrected chi connectivity index (χ4v) is 2.71. The lowest BCUT2D eigenvalue weighted by atomic mass is 9.75. The van der Waals surface area contributed by atoms with Crippen molar-refractivity contribution in [2.45, 2.75) is 20.3 Å². The molecule has 0 aliphatic carbocycles. The summed E-state index contributed by atoms with van der Waals surface area (Å²) in [7, 11) is 0. The van der Waals surface area contributed by atoms with E-state index in [2.05, 4.69) is 10.6 Å². The number of rotatable bonds is 4. The van der Waals surface area contributed by atoms with Crippen LogP contribution < -0.4 is 10.6 Å². The highest BCUT2D eigenvalue weighted by molar-refractivity contribution is 5.99. The van der Waals surface area contributed by atoms with Crippen molar-refractivity contribution in [3.05, 3.63) is 28.3 Å². The Morgan fingerprint density at radius 3 is 2.76 bits per heavy atom. The number of nitro benzene ring substituents is 1. The minimum atomic E-state index is -0.621. The second kappa shape index (κ2) is 5.69. The summed E-state index contributed by atoms with van der Waals surface area (Å²) >= 11 is 0. The van der Waals surface area contributed by atoms with Gasteiger partial charge in [0.25, 0.3) is 5.69 Å². The Kier molecular flexibility index (Phi) is 4.13. The first-order valence-corrected chi connectivity index (χ1v) is 6.87. The van der Waals surface area contributed by atoms with Gasteiger partial charge in [0, 0.05) is 12.6 Å². The number of benzene rings is 1. The van der Waals surface area contributed by atoms with Crippen molar-refractivity contribution >= 4 is 17.3 Å². The fraction of sp³-hybridized carbons (Fsp3) is 0.500. The molecule has 0 bridgehead atoms. The Morgan fingerprint density at radius 1 is 1.52 bits per heavy atom. The second-order valence-corrected chi connectivity index (χ2v) is 5.62. The summed E-state index contributed by atoms with van der Waals surface area (Å²) in [6.07, 6.45) is 0.665. The van der Waals surface area contributed by atoms with Crippen LogP contribution in [0.3, 0.4) is 0 Å². The lowest BCUT2D eigenvalue weighted by molar-refractivity contribution is -0.384. The zero-order chi connectivity index (χ0) is 15.6. The van der Waals surface area contributed by atoms with Crippen LogP contribution in [-0.2, 0) is 4.79 Å². The highest BCUT2D eigenvalue weighted by Gasteiger charge is 2.44. The Hall–Kier alpha value is -2.15. The summed E-state index contributed by atoms with van der Waals surface area (Å²) in [5.74, 6) is -0.521. The molecule has 1 aromatic rings. The Labute approximate surface area is 122 Å². The van der Waals surface area contributed by atoms with Gasteiger partial charge in [-0.3, -0.25) is 14.9 Å². The molecule has 7 nitrogen and oxygen atoms in total. The summed E-state index contributed by atoms with van der Waals surface area (Å²) in [6.45, 7) is 5.16. The smallest absolute Gasteiger partial charge is 0.296 e. The monoisotopic (exact) mass is 293 g/mol. The molecule has 0 spiro atoms. The van der Waals surface area contributed by atoms with E-state index in [9.17, 15) is 20.0 Å². The van der Waals surface area contributed by atoms with Crippen LogP contribution >= 0.6 is 0 Å². The molecule has 1 unspecified atom stereocenters. The van der Waals surface area contributed by atoms with Crippen molar-refractivity contribution < 1.29 is 14.8 Å². The van der Waals surface area contributed by atoms with Crippen molar-refractivity contribution in [3.63, 3.8) is 0 Å². The van der Waals surface area contributed by atoms with Crippen LogP contribution in [0.25, 0.3) is 0 Å². The molecule has 1 fully saturated rings. The largest absolute Gasteiger partial charge is 0.505 e. The third-order valence-corrected chi connectivity index (χ3v) is 4.20. The maximum absolute atomic E-state index is 12.6.